The predicted octanol–water partition coefficient (Wildman–Crippen LogP) is 6.92. The van der Waals surface area contributed by atoms with E-state index >= 15 is 0 Å². The molecule has 0 saturated carbocycles. The minimum Gasteiger partial charge on any atom is -0.379 e. The zero-order valence-electron chi connectivity index (χ0n) is 20.8. The van der Waals surface area contributed by atoms with E-state index in [1.165, 1.54) is 12.1 Å². The van der Waals surface area contributed by atoms with E-state index in [4.69, 9.17) is 4.18 Å². The van der Waals surface area contributed by atoms with E-state index in [1.807, 2.05) is 50.2 Å². The van der Waals surface area contributed by atoms with E-state index in [0.717, 1.165) is 34.5 Å². The van der Waals surface area contributed by atoms with Crippen molar-refractivity contribution in [2.24, 2.45) is 5.92 Å². The van der Waals surface area contributed by atoms with Gasteiger partial charge in [-0.25, -0.2) is 0 Å². The second-order valence-corrected chi connectivity index (χ2v) is 10.9. The third-order valence-corrected chi connectivity index (χ3v) is 7.09. The smallest absolute Gasteiger partial charge is 0.379 e. The second-order valence-electron chi connectivity index (χ2n) is 9.31. The fourth-order valence-electron chi connectivity index (χ4n) is 4.12. The van der Waals surface area contributed by atoms with Crippen LogP contribution in [0.15, 0.2) is 95.9 Å². The highest BCUT2D eigenvalue weighted by Gasteiger charge is 2.32. The van der Waals surface area contributed by atoms with E-state index in [9.17, 15) is 26.4 Å². The van der Waals surface area contributed by atoms with Crippen LogP contribution in [0.1, 0.15) is 35.3 Å². The van der Waals surface area contributed by atoms with Gasteiger partial charge in [-0.15, -0.1) is 0 Å². The molecule has 5 nitrogen and oxygen atoms in total. The van der Waals surface area contributed by atoms with E-state index < -0.39 is 26.8 Å². The quantitative estimate of drug-likeness (QED) is 0.227. The summed E-state index contributed by atoms with van der Waals surface area (Å²) < 4.78 is 69.2. The van der Waals surface area contributed by atoms with Crippen LogP contribution >= 0.6 is 0 Å². The molecule has 198 valence electrons. The number of carbonyl (C=O) groups is 1. The first-order valence-corrected chi connectivity index (χ1v) is 13.3. The lowest BCUT2D eigenvalue weighted by atomic mass is 10.0. The Morgan fingerprint density at radius 3 is 2.24 bits per heavy atom. The van der Waals surface area contributed by atoms with Crippen molar-refractivity contribution in [3.63, 3.8) is 0 Å². The number of halogens is 3. The van der Waals surface area contributed by atoms with Gasteiger partial charge < -0.3 is 9.08 Å². The van der Waals surface area contributed by atoms with Crippen LogP contribution in [0, 0.1) is 5.92 Å². The van der Waals surface area contributed by atoms with E-state index in [2.05, 4.69) is 0 Å². The van der Waals surface area contributed by atoms with Gasteiger partial charge in [0.2, 0.25) is 0 Å². The van der Waals surface area contributed by atoms with Crippen molar-refractivity contribution >= 4 is 26.8 Å². The lowest BCUT2D eigenvalue weighted by Gasteiger charge is -2.25. The van der Waals surface area contributed by atoms with Crippen LogP contribution in [0.25, 0.3) is 10.8 Å². The van der Waals surface area contributed by atoms with Crippen molar-refractivity contribution in [1.82, 2.24) is 4.90 Å². The maximum Gasteiger partial charge on any atom is 0.416 e. The van der Waals surface area contributed by atoms with Crippen molar-refractivity contribution < 1.29 is 30.6 Å². The summed E-state index contributed by atoms with van der Waals surface area (Å²) in [5.74, 6) is 0.0269. The molecule has 0 aliphatic rings. The van der Waals surface area contributed by atoms with Crippen molar-refractivity contribution in [3.8, 4) is 5.75 Å². The third-order valence-electron chi connectivity index (χ3n) is 5.85. The molecule has 0 spiro atoms. The Labute approximate surface area is 219 Å². The molecule has 9 heteroatoms. The van der Waals surface area contributed by atoms with Crippen LogP contribution in [-0.4, -0.2) is 25.8 Å². The highest BCUT2D eigenvalue weighted by atomic mass is 32.2. The molecule has 0 aromatic heterocycles. The monoisotopic (exact) mass is 541 g/mol. The summed E-state index contributed by atoms with van der Waals surface area (Å²) in [7, 11) is -4.48. The molecule has 0 atom stereocenters. The minimum atomic E-state index is -4.68. The molecule has 0 heterocycles. The first-order valence-electron chi connectivity index (χ1n) is 11.9. The molecule has 0 fully saturated rings. The second kappa shape index (κ2) is 10.9. The van der Waals surface area contributed by atoms with Gasteiger partial charge in [0.05, 0.1) is 5.56 Å². The number of hydrogen-bond donors (Lipinski definition) is 0. The Balaban J connectivity index is 1.53. The number of fused-ring (bicyclic) bond motifs is 1. The normalized spacial score (nSPS) is 12.1. The summed E-state index contributed by atoms with van der Waals surface area (Å²) in [6.07, 6.45) is -4.68. The van der Waals surface area contributed by atoms with Crippen LogP contribution in [0.2, 0.25) is 0 Å². The van der Waals surface area contributed by atoms with Gasteiger partial charge in [0.15, 0.2) is 0 Å². The Morgan fingerprint density at radius 2 is 1.55 bits per heavy atom. The van der Waals surface area contributed by atoms with Crippen molar-refractivity contribution in [3.05, 3.63) is 108 Å². The minimum absolute atomic E-state index is 0.0537. The maximum absolute atomic E-state index is 13.6. The molecule has 1 amide bonds. The van der Waals surface area contributed by atoms with E-state index in [0.29, 0.717) is 18.2 Å². The zero-order chi connectivity index (χ0) is 27.5. The molecule has 0 saturated heterocycles. The van der Waals surface area contributed by atoms with Gasteiger partial charge in [-0.1, -0.05) is 68.4 Å². The molecule has 0 aliphatic carbocycles. The molecule has 4 aromatic carbocycles. The zero-order valence-corrected chi connectivity index (χ0v) is 21.6. The molecule has 38 heavy (non-hydrogen) atoms. The van der Waals surface area contributed by atoms with E-state index in [-0.39, 0.29) is 24.1 Å². The van der Waals surface area contributed by atoms with Gasteiger partial charge in [-0.05, 0) is 58.7 Å². The maximum atomic E-state index is 13.6. The fourth-order valence-corrected chi connectivity index (χ4v) is 5.09. The van der Waals surface area contributed by atoms with Gasteiger partial charge >= 0.3 is 16.3 Å². The van der Waals surface area contributed by atoms with Gasteiger partial charge in [-0.3, -0.25) is 4.79 Å². The van der Waals surface area contributed by atoms with Gasteiger partial charge in [0, 0.05) is 18.7 Å². The van der Waals surface area contributed by atoms with Gasteiger partial charge in [0.25, 0.3) is 5.91 Å². The number of carbonyl (C=O) groups excluding carboxylic acids is 1. The third kappa shape index (κ3) is 6.34. The molecule has 0 bridgehead atoms. The number of amides is 1. The van der Waals surface area contributed by atoms with Crippen molar-refractivity contribution in [1.29, 1.82) is 0 Å². The largest absolute Gasteiger partial charge is 0.416 e. The molecule has 0 unspecified atom stereocenters. The number of rotatable bonds is 8. The van der Waals surface area contributed by atoms with E-state index in [1.54, 1.807) is 23.1 Å². The molecule has 4 rings (SSSR count). The van der Waals surface area contributed by atoms with Crippen LogP contribution < -0.4 is 4.18 Å². The summed E-state index contributed by atoms with van der Waals surface area (Å²) in [6.45, 7) is 4.81. The SMILES string of the molecule is CC(C)CN(Cc1ccc(OS(=O)(=O)c2cccc(C(F)(F)F)c2)cc1)C(=O)c1cccc2ccccc12. The highest BCUT2D eigenvalue weighted by Crippen LogP contribution is 2.31. The van der Waals surface area contributed by atoms with Crippen LogP contribution in [0.5, 0.6) is 5.75 Å². The first kappa shape index (κ1) is 27.2. The average Bonchev–Trinajstić information content (AvgIpc) is 2.88. The van der Waals surface area contributed by atoms with Crippen LogP contribution in [0.4, 0.5) is 13.2 Å². The summed E-state index contributed by atoms with van der Waals surface area (Å²) in [6, 6.07) is 22.7. The lowest BCUT2D eigenvalue weighted by Crippen LogP contribution is -2.33. The molecule has 0 aliphatic heterocycles. The van der Waals surface area contributed by atoms with Gasteiger partial charge in [-0.2, -0.15) is 21.6 Å². The summed E-state index contributed by atoms with van der Waals surface area (Å²) in [5, 5.41) is 1.82. The number of benzene rings is 4. The Bertz CT molecular complexity index is 1540. The number of alkyl halides is 3. The topological polar surface area (TPSA) is 63.7 Å². The van der Waals surface area contributed by atoms with Crippen molar-refractivity contribution in [2.75, 3.05) is 6.54 Å². The first-order chi connectivity index (χ1) is 17.9. The Kier molecular flexibility index (Phi) is 7.78. The van der Waals surface area contributed by atoms with Crippen LogP contribution in [0.3, 0.4) is 0 Å². The fraction of sp³-hybridized carbons (Fsp3) is 0.207. The highest BCUT2D eigenvalue weighted by molar-refractivity contribution is 7.87. The van der Waals surface area contributed by atoms with Crippen LogP contribution in [-0.2, 0) is 22.8 Å². The summed E-state index contributed by atoms with van der Waals surface area (Å²) >= 11 is 0. The molecule has 4 aromatic rings. The summed E-state index contributed by atoms with van der Waals surface area (Å²) in [4.78, 5) is 14.7. The van der Waals surface area contributed by atoms with Crippen molar-refractivity contribution in [2.45, 2.75) is 31.5 Å². The summed E-state index contributed by atoms with van der Waals surface area (Å²) in [5.41, 5.74) is 0.248. The number of hydrogen-bond acceptors (Lipinski definition) is 4. The molecule has 0 radical (unpaired) electrons. The standard InChI is InChI=1S/C29H26F3NO4S/c1-20(2)18-33(28(34)27-12-5-8-22-7-3-4-11-26(22)27)19-21-13-15-24(16-14-21)37-38(35,36)25-10-6-9-23(17-25)29(30,31)32/h3-17,20H,18-19H2,1-2H3. The molecule has 0 N–H and O–H groups in total. The average molecular weight is 542 g/mol. The Hall–Kier alpha value is -3.85. The lowest BCUT2D eigenvalue weighted by molar-refractivity contribution is -0.137. The molecular weight excluding hydrogens is 515 g/mol. The molecular formula is C29H26F3NO4S. The number of nitrogens with zero attached hydrogens (tertiary/aromatic N) is 1. The Morgan fingerprint density at radius 1 is 0.895 bits per heavy atom. The van der Waals surface area contributed by atoms with Gasteiger partial charge in [0.1, 0.15) is 10.6 Å². The predicted molar refractivity (Wildman–Crippen MR) is 139 cm³/mol.